The zero-order valence-corrected chi connectivity index (χ0v) is 15.9. The fraction of sp³-hybridized carbons (Fsp3) is 0.350. The van der Waals surface area contributed by atoms with Gasteiger partial charge in [-0.25, -0.2) is 4.98 Å². The molecule has 2 aromatic rings. The molecule has 6 heteroatoms. The molecule has 1 aliphatic heterocycles. The van der Waals surface area contributed by atoms with Crippen LogP contribution in [0.25, 0.3) is 5.57 Å². The molecule has 0 bridgehead atoms. The number of carbonyl (C=O) groups excluding carboxylic acids is 2. The SMILES string of the molecule is C/C(=C\C(=O)N1CCC(C(=O)Nc2nc(C)cs2)CC1)c1ccccc1. The maximum absolute atomic E-state index is 12.5. The van der Waals surface area contributed by atoms with Crippen LogP contribution in [0.2, 0.25) is 0 Å². The van der Waals surface area contributed by atoms with Gasteiger partial charge in [0.25, 0.3) is 0 Å². The summed E-state index contributed by atoms with van der Waals surface area (Å²) in [6, 6.07) is 9.88. The Bertz CT molecular complexity index is 805. The van der Waals surface area contributed by atoms with Crippen molar-refractivity contribution < 1.29 is 9.59 Å². The smallest absolute Gasteiger partial charge is 0.246 e. The van der Waals surface area contributed by atoms with Gasteiger partial charge in [0.2, 0.25) is 11.8 Å². The van der Waals surface area contributed by atoms with Gasteiger partial charge in [-0.05, 0) is 37.8 Å². The minimum absolute atomic E-state index is 0.00228. The summed E-state index contributed by atoms with van der Waals surface area (Å²) in [6.07, 6.45) is 3.05. The largest absolute Gasteiger partial charge is 0.339 e. The Morgan fingerprint density at radius 1 is 1.23 bits per heavy atom. The molecule has 26 heavy (non-hydrogen) atoms. The number of anilines is 1. The van der Waals surface area contributed by atoms with Gasteiger partial charge in [-0.15, -0.1) is 11.3 Å². The number of nitrogens with zero attached hydrogens (tertiary/aromatic N) is 2. The molecule has 2 amide bonds. The molecular weight excluding hydrogens is 346 g/mol. The van der Waals surface area contributed by atoms with Gasteiger partial charge in [0.1, 0.15) is 0 Å². The number of amides is 2. The summed E-state index contributed by atoms with van der Waals surface area (Å²) < 4.78 is 0. The number of nitrogens with one attached hydrogen (secondary N) is 1. The average molecular weight is 369 g/mol. The number of hydrogen-bond acceptors (Lipinski definition) is 4. The lowest BCUT2D eigenvalue weighted by Crippen LogP contribution is -2.40. The van der Waals surface area contributed by atoms with Crippen LogP contribution in [0.3, 0.4) is 0 Å². The second-order valence-electron chi connectivity index (χ2n) is 6.58. The second-order valence-corrected chi connectivity index (χ2v) is 7.43. The van der Waals surface area contributed by atoms with Crippen LogP contribution >= 0.6 is 11.3 Å². The first-order chi connectivity index (χ1) is 12.5. The van der Waals surface area contributed by atoms with Crippen LogP contribution < -0.4 is 5.32 Å². The predicted molar refractivity (Wildman–Crippen MR) is 105 cm³/mol. The molecule has 0 unspecified atom stereocenters. The molecule has 1 aromatic carbocycles. The third-order valence-corrected chi connectivity index (χ3v) is 5.47. The summed E-state index contributed by atoms with van der Waals surface area (Å²) in [5.74, 6) is -0.0503. The van der Waals surface area contributed by atoms with E-state index in [1.807, 2.05) is 54.5 Å². The second kappa shape index (κ2) is 8.27. The first-order valence-electron chi connectivity index (χ1n) is 8.78. The summed E-state index contributed by atoms with van der Waals surface area (Å²) in [5, 5.41) is 5.44. The van der Waals surface area contributed by atoms with Gasteiger partial charge in [-0.3, -0.25) is 9.59 Å². The molecule has 1 N–H and O–H groups in total. The number of aromatic nitrogens is 1. The molecule has 3 rings (SSSR count). The van der Waals surface area contributed by atoms with E-state index in [0.717, 1.165) is 16.8 Å². The highest BCUT2D eigenvalue weighted by atomic mass is 32.1. The molecule has 0 aliphatic carbocycles. The third-order valence-electron chi connectivity index (χ3n) is 4.60. The van der Waals surface area contributed by atoms with Gasteiger partial charge in [-0.2, -0.15) is 0 Å². The van der Waals surface area contributed by atoms with Crippen molar-refractivity contribution in [2.24, 2.45) is 5.92 Å². The minimum atomic E-state index is -0.0672. The molecule has 1 aromatic heterocycles. The van der Waals surface area contributed by atoms with Gasteiger partial charge < -0.3 is 10.2 Å². The van der Waals surface area contributed by atoms with E-state index in [2.05, 4.69) is 10.3 Å². The normalized spacial score (nSPS) is 15.8. The van der Waals surface area contributed by atoms with Crippen molar-refractivity contribution in [1.29, 1.82) is 0 Å². The van der Waals surface area contributed by atoms with Crippen LogP contribution in [0.5, 0.6) is 0 Å². The first-order valence-corrected chi connectivity index (χ1v) is 9.66. The van der Waals surface area contributed by atoms with Gasteiger partial charge >= 0.3 is 0 Å². The molecule has 1 aliphatic rings. The third kappa shape index (κ3) is 4.58. The Balaban J connectivity index is 1.53. The van der Waals surface area contributed by atoms with Gasteiger partial charge in [0.15, 0.2) is 5.13 Å². The van der Waals surface area contributed by atoms with Crippen LogP contribution in [0, 0.1) is 12.8 Å². The molecule has 136 valence electrons. The van der Waals surface area contributed by atoms with Crippen molar-refractivity contribution in [1.82, 2.24) is 9.88 Å². The molecule has 0 saturated carbocycles. The van der Waals surface area contributed by atoms with Crippen molar-refractivity contribution in [2.75, 3.05) is 18.4 Å². The summed E-state index contributed by atoms with van der Waals surface area (Å²) >= 11 is 1.44. The zero-order valence-electron chi connectivity index (χ0n) is 15.1. The molecule has 0 radical (unpaired) electrons. The standard InChI is InChI=1S/C20H23N3O2S/c1-14(16-6-4-3-5-7-16)12-18(24)23-10-8-17(9-11-23)19(25)22-20-21-15(2)13-26-20/h3-7,12-13,17H,8-11H2,1-2H3,(H,21,22,25)/b14-12+. The number of allylic oxidation sites excluding steroid dienone is 1. The van der Waals surface area contributed by atoms with Gasteiger partial charge in [0, 0.05) is 30.5 Å². The number of aryl methyl sites for hydroxylation is 1. The lowest BCUT2D eigenvalue weighted by atomic mass is 9.95. The van der Waals surface area contributed by atoms with E-state index in [1.165, 1.54) is 11.3 Å². The predicted octanol–water partition coefficient (Wildman–Crippen LogP) is 3.73. The number of likely N-dealkylation sites (tertiary alicyclic amines) is 1. The topological polar surface area (TPSA) is 62.3 Å². The van der Waals surface area contributed by atoms with Crippen molar-refractivity contribution >= 4 is 33.9 Å². The highest BCUT2D eigenvalue weighted by Gasteiger charge is 2.27. The fourth-order valence-electron chi connectivity index (χ4n) is 3.04. The fourth-order valence-corrected chi connectivity index (χ4v) is 3.73. The van der Waals surface area contributed by atoms with Crippen LogP contribution in [0.1, 0.15) is 31.0 Å². The van der Waals surface area contributed by atoms with Crippen molar-refractivity contribution in [2.45, 2.75) is 26.7 Å². The van der Waals surface area contributed by atoms with E-state index in [0.29, 0.717) is 31.1 Å². The number of benzene rings is 1. The molecule has 1 saturated heterocycles. The molecule has 5 nitrogen and oxygen atoms in total. The van der Waals surface area contributed by atoms with E-state index in [1.54, 1.807) is 6.08 Å². The van der Waals surface area contributed by atoms with E-state index >= 15 is 0 Å². The van der Waals surface area contributed by atoms with Crippen LogP contribution in [0.15, 0.2) is 41.8 Å². The lowest BCUT2D eigenvalue weighted by molar-refractivity contribution is -0.130. The molecule has 0 atom stereocenters. The number of thiazole rings is 1. The van der Waals surface area contributed by atoms with Crippen molar-refractivity contribution in [3.05, 3.63) is 53.0 Å². The monoisotopic (exact) mass is 369 g/mol. The first kappa shape index (κ1) is 18.3. The number of rotatable bonds is 4. The van der Waals surface area contributed by atoms with Crippen molar-refractivity contribution in [3.8, 4) is 0 Å². The highest BCUT2D eigenvalue weighted by molar-refractivity contribution is 7.13. The van der Waals surface area contributed by atoms with Crippen LogP contribution in [-0.2, 0) is 9.59 Å². The van der Waals surface area contributed by atoms with Crippen molar-refractivity contribution in [3.63, 3.8) is 0 Å². The van der Waals surface area contributed by atoms with Gasteiger partial charge in [-0.1, -0.05) is 30.3 Å². The minimum Gasteiger partial charge on any atom is -0.339 e. The quantitative estimate of drug-likeness (QED) is 0.835. The summed E-state index contributed by atoms with van der Waals surface area (Å²) in [5.41, 5.74) is 2.91. The Hall–Kier alpha value is -2.47. The average Bonchev–Trinajstić information content (AvgIpc) is 3.07. The van der Waals surface area contributed by atoms with E-state index in [4.69, 9.17) is 0 Å². The Labute approximate surface area is 157 Å². The number of piperidine rings is 1. The zero-order chi connectivity index (χ0) is 18.5. The highest BCUT2D eigenvalue weighted by Crippen LogP contribution is 2.22. The lowest BCUT2D eigenvalue weighted by Gasteiger charge is -2.30. The Kier molecular flexibility index (Phi) is 5.83. The summed E-state index contributed by atoms with van der Waals surface area (Å²) in [6.45, 7) is 5.06. The summed E-state index contributed by atoms with van der Waals surface area (Å²) in [4.78, 5) is 30.9. The van der Waals surface area contributed by atoms with Gasteiger partial charge in [0.05, 0.1) is 5.69 Å². The Morgan fingerprint density at radius 3 is 2.54 bits per heavy atom. The maximum Gasteiger partial charge on any atom is 0.246 e. The van der Waals surface area contributed by atoms with Crippen LogP contribution in [0.4, 0.5) is 5.13 Å². The number of hydrogen-bond donors (Lipinski definition) is 1. The molecule has 1 fully saturated rings. The molecule has 0 spiro atoms. The Morgan fingerprint density at radius 2 is 1.92 bits per heavy atom. The summed E-state index contributed by atoms with van der Waals surface area (Å²) in [7, 11) is 0. The maximum atomic E-state index is 12.5. The van der Waals surface area contributed by atoms with E-state index in [9.17, 15) is 9.59 Å². The van der Waals surface area contributed by atoms with E-state index in [-0.39, 0.29) is 17.7 Å². The number of carbonyl (C=O) groups is 2. The van der Waals surface area contributed by atoms with E-state index < -0.39 is 0 Å². The molecule has 2 heterocycles. The molecular formula is C20H23N3O2S. The van der Waals surface area contributed by atoms with Crippen LogP contribution in [-0.4, -0.2) is 34.8 Å².